The van der Waals surface area contributed by atoms with Crippen LogP contribution < -0.4 is 4.90 Å². The van der Waals surface area contributed by atoms with Gasteiger partial charge in [-0.2, -0.15) is 0 Å². The van der Waals surface area contributed by atoms with Gasteiger partial charge in [-0.25, -0.2) is 9.97 Å². The van der Waals surface area contributed by atoms with Crippen molar-refractivity contribution in [1.82, 2.24) is 19.9 Å². The number of aryl methyl sites for hydroxylation is 2. The number of piperidine rings is 2. The van der Waals surface area contributed by atoms with Crippen LogP contribution in [-0.2, 0) is 11.3 Å². The summed E-state index contributed by atoms with van der Waals surface area (Å²) >= 11 is 0. The maximum Gasteiger partial charge on any atom is 0.225 e. The van der Waals surface area contributed by atoms with Gasteiger partial charge in [0.2, 0.25) is 11.9 Å². The van der Waals surface area contributed by atoms with Crippen LogP contribution in [0.1, 0.15) is 42.6 Å². The van der Waals surface area contributed by atoms with Crippen molar-refractivity contribution in [2.45, 2.75) is 46.1 Å². The highest BCUT2D eigenvalue weighted by Crippen LogP contribution is 2.40. The molecule has 6 nitrogen and oxygen atoms in total. The Hall–Kier alpha value is -2.50. The highest BCUT2D eigenvalue weighted by molar-refractivity contribution is 5.77. The molecule has 2 fully saturated rings. The number of anilines is 1. The largest absolute Gasteiger partial charge is 0.340 e. The summed E-state index contributed by atoms with van der Waals surface area (Å²) in [4.78, 5) is 30.3. The summed E-state index contributed by atoms with van der Waals surface area (Å²) in [6.07, 6.45) is 7.45. The van der Waals surface area contributed by atoms with E-state index < -0.39 is 0 Å². The van der Waals surface area contributed by atoms with Gasteiger partial charge in [0.25, 0.3) is 0 Å². The van der Waals surface area contributed by atoms with E-state index >= 15 is 0 Å². The summed E-state index contributed by atoms with van der Waals surface area (Å²) in [5, 5.41) is 0. The Kier molecular flexibility index (Phi) is 4.81. The zero-order valence-electron chi connectivity index (χ0n) is 16.2. The van der Waals surface area contributed by atoms with E-state index in [1.807, 2.05) is 36.9 Å². The molecule has 0 bridgehead atoms. The summed E-state index contributed by atoms with van der Waals surface area (Å²) in [5.41, 5.74) is 3.30. The van der Waals surface area contributed by atoms with Crippen molar-refractivity contribution >= 4 is 11.9 Å². The molecule has 1 amide bonds. The molecule has 4 heterocycles. The number of rotatable bonds is 3. The van der Waals surface area contributed by atoms with Gasteiger partial charge in [-0.1, -0.05) is 0 Å². The topological polar surface area (TPSA) is 62.2 Å². The molecule has 2 aliphatic rings. The first-order valence-corrected chi connectivity index (χ1v) is 9.77. The van der Waals surface area contributed by atoms with Crippen LogP contribution in [0.4, 0.5) is 5.95 Å². The van der Waals surface area contributed by atoms with Crippen molar-refractivity contribution < 1.29 is 4.79 Å². The van der Waals surface area contributed by atoms with Crippen LogP contribution in [-0.4, -0.2) is 45.4 Å². The fraction of sp³-hybridized carbons (Fsp3) is 0.524. The van der Waals surface area contributed by atoms with Crippen molar-refractivity contribution in [3.63, 3.8) is 0 Å². The quantitative estimate of drug-likeness (QED) is 0.837. The molecule has 0 N–H and O–H groups in total. The van der Waals surface area contributed by atoms with Crippen LogP contribution in [0.5, 0.6) is 0 Å². The van der Waals surface area contributed by atoms with Gasteiger partial charge in [-0.15, -0.1) is 0 Å². The number of hydrogen-bond acceptors (Lipinski definition) is 5. The Labute approximate surface area is 160 Å². The molecule has 27 heavy (non-hydrogen) atoms. The van der Waals surface area contributed by atoms with Crippen LogP contribution in [0, 0.1) is 19.3 Å². The molecule has 2 saturated heterocycles. The summed E-state index contributed by atoms with van der Waals surface area (Å²) in [7, 11) is 0. The second-order valence-electron chi connectivity index (χ2n) is 8.08. The number of carbonyl (C=O) groups is 1. The number of hydrogen-bond donors (Lipinski definition) is 0. The smallest absolute Gasteiger partial charge is 0.225 e. The third-order valence-corrected chi connectivity index (χ3v) is 5.79. The van der Waals surface area contributed by atoms with E-state index in [-0.39, 0.29) is 11.3 Å². The lowest BCUT2D eigenvalue weighted by molar-refractivity contribution is -0.138. The maximum atomic E-state index is 12.5. The molecule has 4 rings (SSSR count). The molecule has 0 aliphatic carbocycles. The number of likely N-dealkylation sites (tertiary alicyclic amines) is 1. The van der Waals surface area contributed by atoms with Crippen LogP contribution in [0.3, 0.4) is 0 Å². The van der Waals surface area contributed by atoms with Crippen molar-refractivity contribution in [3.8, 4) is 0 Å². The molecule has 2 aromatic heterocycles. The average molecular weight is 365 g/mol. The van der Waals surface area contributed by atoms with Gasteiger partial charge < -0.3 is 9.80 Å². The van der Waals surface area contributed by atoms with Gasteiger partial charge in [-0.3, -0.25) is 9.78 Å². The van der Waals surface area contributed by atoms with Crippen LogP contribution in [0.2, 0.25) is 0 Å². The molecule has 1 unspecified atom stereocenters. The van der Waals surface area contributed by atoms with E-state index in [4.69, 9.17) is 0 Å². The van der Waals surface area contributed by atoms with Crippen LogP contribution in [0.15, 0.2) is 30.6 Å². The molecule has 1 atom stereocenters. The SMILES string of the molecule is Cc1cc(C)nc(N2CCCC3(CCC(=O)N(Cc4ccncc4)C3)C2)n1. The molecule has 0 aromatic carbocycles. The molecule has 142 valence electrons. The van der Waals surface area contributed by atoms with Gasteiger partial charge in [0.05, 0.1) is 0 Å². The molecule has 0 saturated carbocycles. The minimum Gasteiger partial charge on any atom is -0.340 e. The summed E-state index contributed by atoms with van der Waals surface area (Å²) < 4.78 is 0. The summed E-state index contributed by atoms with van der Waals surface area (Å²) in [6.45, 7) is 7.44. The van der Waals surface area contributed by atoms with Crippen molar-refractivity contribution in [3.05, 3.63) is 47.5 Å². The van der Waals surface area contributed by atoms with Crippen molar-refractivity contribution in [2.75, 3.05) is 24.5 Å². The molecule has 2 aromatic rings. The highest BCUT2D eigenvalue weighted by atomic mass is 16.2. The zero-order chi connectivity index (χ0) is 18.9. The average Bonchev–Trinajstić information content (AvgIpc) is 2.65. The van der Waals surface area contributed by atoms with Crippen LogP contribution >= 0.6 is 0 Å². The van der Waals surface area contributed by atoms with Gasteiger partial charge in [0.15, 0.2) is 0 Å². The van der Waals surface area contributed by atoms with Gasteiger partial charge in [-0.05, 0) is 56.9 Å². The predicted octanol–water partition coefficient (Wildman–Crippen LogP) is 2.90. The molecular weight excluding hydrogens is 338 g/mol. The van der Waals surface area contributed by atoms with E-state index in [9.17, 15) is 4.79 Å². The second-order valence-corrected chi connectivity index (χ2v) is 8.08. The second kappa shape index (κ2) is 7.25. The fourth-order valence-corrected chi connectivity index (χ4v) is 4.52. The van der Waals surface area contributed by atoms with Gasteiger partial charge >= 0.3 is 0 Å². The number of pyridine rings is 1. The van der Waals surface area contributed by atoms with Crippen LogP contribution in [0.25, 0.3) is 0 Å². The first-order valence-electron chi connectivity index (χ1n) is 9.77. The van der Waals surface area contributed by atoms with E-state index in [1.54, 1.807) is 12.4 Å². The first-order chi connectivity index (χ1) is 13.0. The maximum absolute atomic E-state index is 12.5. The normalized spacial score (nSPS) is 23.1. The Morgan fingerprint density at radius 1 is 1.07 bits per heavy atom. The van der Waals surface area contributed by atoms with E-state index in [0.29, 0.717) is 13.0 Å². The standard InChI is InChI=1S/C21H27N5O/c1-16-12-17(2)24-20(23-16)25-11-3-7-21(14-25)8-4-19(27)26(15-21)13-18-5-9-22-10-6-18/h5-6,9-10,12H,3-4,7-8,11,13-15H2,1-2H3. The molecule has 6 heteroatoms. The molecule has 2 aliphatic heterocycles. The predicted molar refractivity (Wildman–Crippen MR) is 104 cm³/mol. The number of aromatic nitrogens is 3. The lowest BCUT2D eigenvalue weighted by atomic mass is 9.73. The molecular formula is C21H27N5O. The Morgan fingerprint density at radius 3 is 2.56 bits per heavy atom. The first kappa shape index (κ1) is 17.9. The minimum absolute atomic E-state index is 0.139. The van der Waals surface area contributed by atoms with Crippen molar-refractivity contribution in [2.24, 2.45) is 5.41 Å². The number of amides is 1. The van der Waals surface area contributed by atoms with Gasteiger partial charge in [0, 0.05) is 61.8 Å². The van der Waals surface area contributed by atoms with E-state index in [2.05, 4.69) is 19.9 Å². The molecule has 0 radical (unpaired) electrons. The summed E-state index contributed by atoms with van der Waals surface area (Å²) in [6, 6.07) is 6.00. The lowest BCUT2D eigenvalue weighted by Gasteiger charge is -2.48. The number of nitrogens with zero attached hydrogens (tertiary/aromatic N) is 5. The van der Waals surface area contributed by atoms with Crippen molar-refractivity contribution in [1.29, 1.82) is 0 Å². The third kappa shape index (κ3) is 3.94. The summed E-state index contributed by atoms with van der Waals surface area (Å²) in [5.74, 6) is 1.10. The Morgan fingerprint density at radius 2 is 1.81 bits per heavy atom. The minimum atomic E-state index is 0.139. The van der Waals surface area contributed by atoms with Gasteiger partial charge in [0.1, 0.15) is 0 Å². The number of carbonyl (C=O) groups excluding carboxylic acids is 1. The lowest BCUT2D eigenvalue weighted by Crippen LogP contribution is -2.54. The monoisotopic (exact) mass is 365 g/mol. The fourth-order valence-electron chi connectivity index (χ4n) is 4.52. The van der Waals surface area contributed by atoms with E-state index in [1.165, 1.54) is 0 Å². The highest BCUT2D eigenvalue weighted by Gasteiger charge is 2.42. The van der Waals surface area contributed by atoms with E-state index in [0.717, 1.165) is 61.8 Å². The zero-order valence-corrected chi connectivity index (χ0v) is 16.2. The molecule has 1 spiro atoms. The Bertz CT molecular complexity index is 804. The Balaban J connectivity index is 1.52. The third-order valence-electron chi connectivity index (χ3n) is 5.79.